The average Bonchev–Trinajstić information content (AvgIpc) is 2.39. The number of benzene rings is 2. The van der Waals surface area contributed by atoms with Crippen molar-refractivity contribution in [3.63, 3.8) is 0 Å². The van der Waals surface area contributed by atoms with Gasteiger partial charge in [-0.2, -0.15) is 0 Å². The monoisotopic (exact) mass is 220 g/mol. The summed E-state index contributed by atoms with van der Waals surface area (Å²) in [5, 5.41) is 1.13. The van der Waals surface area contributed by atoms with E-state index >= 15 is 0 Å². The van der Waals surface area contributed by atoms with Gasteiger partial charge in [0.05, 0.1) is 5.52 Å². The van der Waals surface area contributed by atoms with Gasteiger partial charge in [0.25, 0.3) is 0 Å². The zero-order chi connectivity index (χ0) is 11.7. The fourth-order valence-corrected chi connectivity index (χ4v) is 2.00. The van der Waals surface area contributed by atoms with Crippen molar-refractivity contribution in [3.8, 4) is 11.1 Å². The van der Waals surface area contributed by atoms with E-state index in [0.29, 0.717) is 0 Å². The van der Waals surface area contributed by atoms with Crippen LogP contribution in [0, 0.1) is 0 Å². The van der Waals surface area contributed by atoms with E-state index in [0.717, 1.165) is 27.7 Å². The quantitative estimate of drug-likeness (QED) is 0.637. The van der Waals surface area contributed by atoms with Crippen LogP contribution in [0.25, 0.3) is 22.0 Å². The molecule has 0 radical (unpaired) electrons. The molecule has 0 fully saturated rings. The standard InChI is InChI=1S/C15H12N2/c16-14-6-2-1-5-13(14)11-7-8-15-12(10-11)4-3-9-17-15/h1-10H,16H2. The summed E-state index contributed by atoms with van der Waals surface area (Å²) < 4.78 is 0. The topological polar surface area (TPSA) is 38.9 Å². The van der Waals surface area contributed by atoms with Gasteiger partial charge in [-0.25, -0.2) is 0 Å². The van der Waals surface area contributed by atoms with Crippen LogP contribution in [0.2, 0.25) is 0 Å². The van der Waals surface area contributed by atoms with Crippen molar-refractivity contribution in [2.75, 3.05) is 5.73 Å². The van der Waals surface area contributed by atoms with Gasteiger partial charge in [-0.15, -0.1) is 0 Å². The van der Waals surface area contributed by atoms with Crippen molar-refractivity contribution in [1.82, 2.24) is 4.98 Å². The van der Waals surface area contributed by atoms with Crippen LogP contribution in [0.3, 0.4) is 0 Å². The Kier molecular flexibility index (Phi) is 2.26. The van der Waals surface area contributed by atoms with Gasteiger partial charge in [-0.3, -0.25) is 4.98 Å². The lowest BCUT2D eigenvalue weighted by atomic mass is 10.0. The first-order valence-electron chi connectivity index (χ1n) is 5.54. The molecule has 0 saturated heterocycles. The van der Waals surface area contributed by atoms with Crippen LogP contribution in [0.15, 0.2) is 60.8 Å². The molecule has 3 rings (SSSR count). The fourth-order valence-electron chi connectivity index (χ4n) is 2.00. The average molecular weight is 220 g/mol. The predicted octanol–water partition coefficient (Wildman–Crippen LogP) is 3.48. The van der Waals surface area contributed by atoms with Gasteiger partial charge in [0.15, 0.2) is 0 Å². The Morgan fingerprint density at radius 3 is 2.65 bits per heavy atom. The molecule has 82 valence electrons. The van der Waals surface area contributed by atoms with Crippen molar-refractivity contribution in [3.05, 3.63) is 60.8 Å². The van der Waals surface area contributed by atoms with Gasteiger partial charge in [0, 0.05) is 22.8 Å². The van der Waals surface area contributed by atoms with Gasteiger partial charge in [0.1, 0.15) is 0 Å². The number of fused-ring (bicyclic) bond motifs is 1. The zero-order valence-electron chi connectivity index (χ0n) is 9.30. The zero-order valence-corrected chi connectivity index (χ0v) is 9.30. The maximum atomic E-state index is 5.98. The molecule has 0 saturated carbocycles. The van der Waals surface area contributed by atoms with Crippen molar-refractivity contribution in [1.29, 1.82) is 0 Å². The van der Waals surface area contributed by atoms with E-state index < -0.39 is 0 Å². The number of pyridine rings is 1. The molecule has 0 atom stereocenters. The first-order valence-corrected chi connectivity index (χ1v) is 5.54. The molecule has 3 aromatic rings. The summed E-state index contributed by atoms with van der Waals surface area (Å²) in [6, 6.07) is 18.1. The molecule has 17 heavy (non-hydrogen) atoms. The van der Waals surface area contributed by atoms with Gasteiger partial charge in [-0.1, -0.05) is 30.3 Å². The van der Waals surface area contributed by atoms with Gasteiger partial charge >= 0.3 is 0 Å². The molecule has 2 heteroatoms. The summed E-state index contributed by atoms with van der Waals surface area (Å²) in [4.78, 5) is 4.31. The minimum Gasteiger partial charge on any atom is -0.398 e. The number of anilines is 1. The number of hydrogen-bond donors (Lipinski definition) is 1. The normalized spacial score (nSPS) is 10.6. The molecule has 2 aromatic carbocycles. The molecule has 1 heterocycles. The van der Waals surface area contributed by atoms with Crippen LogP contribution in [0.1, 0.15) is 0 Å². The molecule has 2 N–H and O–H groups in total. The fraction of sp³-hybridized carbons (Fsp3) is 0. The summed E-state index contributed by atoms with van der Waals surface area (Å²) >= 11 is 0. The highest BCUT2D eigenvalue weighted by Crippen LogP contribution is 2.27. The first-order chi connectivity index (χ1) is 8.34. The van der Waals surface area contributed by atoms with Crippen LogP contribution < -0.4 is 5.73 Å². The number of para-hydroxylation sites is 1. The highest BCUT2D eigenvalue weighted by atomic mass is 14.6. The lowest BCUT2D eigenvalue weighted by molar-refractivity contribution is 1.41. The Labute approximate surface area is 99.7 Å². The van der Waals surface area contributed by atoms with E-state index in [2.05, 4.69) is 23.2 Å². The van der Waals surface area contributed by atoms with Gasteiger partial charge in [0.2, 0.25) is 0 Å². The smallest absolute Gasteiger partial charge is 0.0702 e. The maximum absolute atomic E-state index is 5.98. The van der Waals surface area contributed by atoms with E-state index in [-0.39, 0.29) is 0 Å². The molecule has 0 bridgehead atoms. The van der Waals surface area contributed by atoms with E-state index in [9.17, 15) is 0 Å². The summed E-state index contributed by atoms with van der Waals surface area (Å²) in [7, 11) is 0. The van der Waals surface area contributed by atoms with E-state index in [1.165, 1.54) is 0 Å². The molecule has 2 nitrogen and oxygen atoms in total. The molecule has 1 aromatic heterocycles. The third-order valence-corrected chi connectivity index (χ3v) is 2.87. The molecular weight excluding hydrogens is 208 g/mol. The SMILES string of the molecule is Nc1ccccc1-c1ccc2ncccc2c1. The maximum Gasteiger partial charge on any atom is 0.0702 e. The van der Waals surface area contributed by atoms with E-state index in [1.807, 2.05) is 36.4 Å². The van der Waals surface area contributed by atoms with Crippen molar-refractivity contribution in [2.24, 2.45) is 0 Å². The van der Waals surface area contributed by atoms with Gasteiger partial charge < -0.3 is 5.73 Å². The van der Waals surface area contributed by atoms with Gasteiger partial charge in [-0.05, 0) is 29.8 Å². The van der Waals surface area contributed by atoms with Crippen LogP contribution >= 0.6 is 0 Å². The summed E-state index contributed by atoms with van der Waals surface area (Å²) in [5.74, 6) is 0. The van der Waals surface area contributed by atoms with Crippen LogP contribution in [0.5, 0.6) is 0 Å². The molecule has 0 spiro atoms. The van der Waals surface area contributed by atoms with Crippen molar-refractivity contribution in [2.45, 2.75) is 0 Å². The first kappa shape index (κ1) is 9.85. The number of nitrogens with two attached hydrogens (primary N) is 1. The summed E-state index contributed by atoms with van der Waals surface area (Å²) in [6.07, 6.45) is 1.80. The second kappa shape index (κ2) is 3.91. The Bertz CT molecular complexity index is 674. The Balaban J connectivity index is 2.22. The number of rotatable bonds is 1. The third-order valence-electron chi connectivity index (χ3n) is 2.87. The van der Waals surface area contributed by atoms with Crippen LogP contribution in [-0.2, 0) is 0 Å². The largest absolute Gasteiger partial charge is 0.398 e. The minimum absolute atomic E-state index is 0.802. The number of nitrogens with zero attached hydrogens (tertiary/aromatic N) is 1. The van der Waals surface area contributed by atoms with E-state index in [1.54, 1.807) is 6.20 Å². The predicted molar refractivity (Wildman–Crippen MR) is 71.6 cm³/mol. The molecule has 0 aliphatic carbocycles. The van der Waals surface area contributed by atoms with E-state index in [4.69, 9.17) is 5.73 Å². The Morgan fingerprint density at radius 1 is 0.882 bits per heavy atom. The lowest BCUT2D eigenvalue weighted by Crippen LogP contribution is -1.89. The number of hydrogen-bond acceptors (Lipinski definition) is 2. The molecular formula is C15H12N2. The highest BCUT2D eigenvalue weighted by molar-refractivity contribution is 5.87. The third kappa shape index (κ3) is 1.74. The second-order valence-electron chi connectivity index (χ2n) is 4.00. The van der Waals surface area contributed by atoms with Crippen LogP contribution in [-0.4, -0.2) is 4.98 Å². The Hall–Kier alpha value is -2.35. The van der Waals surface area contributed by atoms with Crippen LogP contribution in [0.4, 0.5) is 5.69 Å². The minimum atomic E-state index is 0.802. The lowest BCUT2D eigenvalue weighted by Gasteiger charge is -2.06. The molecule has 0 aliphatic rings. The second-order valence-corrected chi connectivity index (χ2v) is 4.00. The summed E-state index contributed by atoms with van der Waals surface area (Å²) in [6.45, 7) is 0. The molecule has 0 unspecified atom stereocenters. The van der Waals surface area contributed by atoms with Crippen molar-refractivity contribution < 1.29 is 0 Å². The highest BCUT2D eigenvalue weighted by Gasteiger charge is 2.02. The number of nitrogen functional groups attached to an aromatic ring is 1. The molecule has 0 aliphatic heterocycles. The summed E-state index contributed by atoms with van der Waals surface area (Å²) in [5.41, 5.74) is 9.98. The Morgan fingerprint density at radius 2 is 1.76 bits per heavy atom. The number of aromatic nitrogens is 1. The van der Waals surface area contributed by atoms with Crippen molar-refractivity contribution >= 4 is 16.6 Å². The molecule has 0 amide bonds.